The fourth-order valence-corrected chi connectivity index (χ4v) is 2.94. The third kappa shape index (κ3) is 3.01. The van der Waals surface area contributed by atoms with Crippen LogP contribution in [0.3, 0.4) is 0 Å². The van der Waals surface area contributed by atoms with E-state index in [4.69, 9.17) is 0 Å². The van der Waals surface area contributed by atoms with Gasteiger partial charge in [-0.2, -0.15) is 5.10 Å². The molecule has 0 aliphatic carbocycles. The number of nitrogens with one attached hydrogen (secondary N) is 1. The van der Waals surface area contributed by atoms with Crippen molar-refractivity contribution in [1.29, 1.82) is 0 Å². The first kappa shape index (κ1) is 15.7. The number of likely N-dealkylation sites (N-methyl/N-ethyl adjacent to an activating group) is 1. The first-order chi connectivity index (χ1) is 11.0. The van der Waals surface area contributed by atoms with Crippen LogP contribution in [0.4, 0.5) is 0 Å². The molecule has 0 radical (unpaired) electrons. The van der Waals surface area contributed by atoms with Crippen molar-refractivity contribution in [1.82, 2.24) is 29.5 Å². The average molecular weight is 316 g/mol. The highest BCUT2D eigenvalue weighted by atomic mass is 16.2. The minimum absolute atomic E-state index is 0.0135. The standard InChI is InChI=1S/C16H24N6O/c1-11(2)12-9-13(19-18-12)16(23)22-8-7-20(3)14(10-22)15-17-5-6-21(15)4/h5-6,9,11,14H,7-8,10H2,1-4H3,(H,18,19)/t14-/m0/s1. The Bertz CT molecular complexity index is 688. The van der Waals surface area contributed by atoms with Gasteiger partial charge in [0, 0.05) is 44.8 Å². The highest BCUT2D eigenvalue weighted by Gasteiger charge is 2.31. The molecule has 1 aliphatic rings. The number of carbonyl (C=O) groups excluding carboxylic acids is 1. The molecular formula is C16H24N6O. The summed E-state index contributed by atoms with van der Waals surface area (Å²) >= 11 is 0. The van der Waals surface area contributed by atoms with Gasteiger partial charge in [-0.15, -0.1) is 0 Å². The van der Waals surface area contributed by atoms with Crippen molar-refractivity contribution in [2.24, 2.45) is 7.05 Å². The Labute approximate surface area is 136 Å². The molecule has 1 fully saturated rings. The fourth-order valence-electron chi connectivity index (χ4n) is 2.94. The van der Waals surface area contributed by atoms with Crippen LogP contribution in [-0.2, 0) is 7.05 Å². The van der Waals surface area contributed by atoms with Gasteiger partial charge < -0.3 is 9.47 Å². The molecule has 23 heavy (non-hydrogen) atoms. The lowest BCUT2D eigenvalue weighted by atomic mass is 10.1. The molecule has 1 N–H and O–H groups in total. The maximum Gasteiger partial charge on any atom is 0.274 e. The van der Waals surface area contributed by atoms with E-state index in [0.717, 1.165) is 18.1 Å². The highest BCUT2D eigenvalue weighted by Crippen LogP contribution is 2.23. The van der Waals surface area contributed by atoms with Crippen LogP contribution >= 0.6 is 0 Å². The van der Waals surface area contributed by atoms with Crippen LogP contribution < -0.4 is 0 Å². The van der Waals surface area contributed by atoms with Gasteiger partial charge in [-0.25, -0.2) is 4.98 Å². The molecule has 1 amide bonds. The maximum atomic E-state index is 12.7. The number of nitrogens with zero attached hydrogens (tertiary/aromatic N) is 5. The Hall–Kier alpha value is -2.15. The number of amides is 1. The molecule has 3 rings (SSSR count). The summed E-state index contributed by atoms with van der Waals surface area (Å²) in [5.74, 6) is 1.30. The van der Waals surface area contributed by atoms with Crippen molar-refractivity contribution >= 4 is 5.91 Å². The molecule has 7 nitrogen and oxygen atoms in total. The van der Waals surface area contributed by atoms with E-state index < -0.39 is 0 Å². The number of hydrogen-bond acceptors (Lipinski definition) is 4. The van der Waals surface area contributed by atoms with Gasteiger partial charge in [0.05, 0.1) is 6.04 Å². The summed E-state index contributed by atoms with van der Waals surface area (Å²) in [6.45, 7) is 6.32. The van der Waals surface area contributed by atoms with E-state index in [2.05, 4.69) is 41.0 Å². The highest BCUT2D eigenvalue weighted by molar-refractivity contribution is 5.92. The Morgan fingerprint density at radius 3 is 2.74 bits per heavy atom. The Morgan fingerprint density at radius 2 is 2.13 bits per heavy atom. The quantitative estimate of drug-likeness (QED) is 0.929. The van der Waals surface area contributed by atoms with E-state index in [-0.39, 0.29) is 11.9 Å². The summed E-state index contributed by atoms with van der Waals surface area (Å²) in [6.07, 6.45) is 3.74. The molecule has 3 heterocycles. The SMILES string of the molecule is CC(C)c1cc(C(=O)N2CCN(C)[C@H](c3nccn3C)C2)n[nH]1. The van der Waals surface area contributed by atoms with Crippen LogP contribution in [0.15, 0.2) is 18.5 Å². The molecule has 2 aromatic rings. The fraction of sp³-hybridized carbons (Fsp3) is 0.562. The van der Waals surface area contributed by atoms with E-state index >= 15 is 0 Å². The topological polar surface area (TPSA) is 70.1 Å². The number of piperazine rings is 1. The molecule has 0 spiro atoms. The molecule has 0 bridgehead atoms. The minimum atomic E-state index is -0.0135. The predicted molar refractivity (Wildman–Crippen MR) is 87.2 cm³/mol. The van der Waals surface area contributed by atoms with Crippen LogP contribution in [0.5, 0.6) is 0 Å². The van der Waals surface area contributed by atoms with Gasteiger partial charge in [-0.05, 0) is 19.0 Å². The Kier molecular flexibility index (Phi) is 4.21. The van der Waals surface area contributed by atoms with Gasteiger partial charge in [-0.1, -0.05) is 13.8 Å². The number of H-pyrrole nitrogens is 1. The van der Waals surface area contributed by atoms with Crippen molar-refractivity contribution in [2.75, 3.05) is 26.7 Å². The lowest BCUT2D eigenvalue weighted by molar-refractivity contribution is 0.0523. The monoisotopic (exact) mass is 316 g/mol. The zero-order valence-corrected chi connectivity index (χ0v) is 14.2. The van der Waals surface area contributed by atoms with Crippen LogP contribution in [0.25, 0.3) is 0 Å². The third-order valence-electron chi connectivity index (χ3n) is 4.53. The summed E-state index contributed by atoms with van der Waals surface area (Å²) < 4.78 is 2.01. The van der Waals surface area contributed by atoms with Crippen LogP contribution in [0.2, 0.25) is 0 Å². The number of aryl methyl sites for hydroxylation is 1. The summed E-state index contributed by atoms with van der Waals surface area (Å²) in [5.41, 5.74) is 1.49. The summed E-state index contributed by atoms with van der Waals surface area (Å²) in [6, 6.07) is 1.97. The van der Waals surface area contributed by atoms with Gasteiger partial charge in [0.15, 0.2) is 0 Å². The van der Waals surface area contributed by atoms with Crippen LogP contribution in [-0.4, -0.2) is 62.1 Å². The van der Waals surface area contributed by atoms with E-state index in [1.54, 1.807) is 6.20 Å². The Balaban J connectivity index is 1.77. The van der Waals surface area contributed by atoms with Gasteiger partial charge in [0.25, 0.3) is 5.91 Å². The van der Waals surface area contributed by atoms with Gasteiger partial charge in [0.1, 0.15) is 11.5 Å². The molecular weight excluding hydrogens is 292 g/mol. The number of aromatic nitrogens is 4. The summed E-state index contributed by atoms with van der Waals surface area (Å²) in [4.78, 5) is 21.3. The second-order valence-corrected chi connectivity index (χ2v) is 6.51. The first-order valence-electron chi connectivity index (χ1n) is 7.99. The molecule has 0 saturated carbocycles. The number of imidazole rings is 1. The zero-order chi connectivity index (χ0) is 16.6. The van der Waals surface area contributed by atoms with E-state index in [0.29, 0.717) is 24.7 Å². The third-order valence-corrected chi connectivity index (χ3v) is 4.53. The van der Waals surface area contributed by atoms with Crippen molar-refractivity contribution in [3.05, 3.63) is 35.7 Å². The molecule has 1 saturated heterocycles. The maximum absolute atomic E-state index is 12.7. The average Bonchev–Trinajstić information content (AvgIpc) is 3.16. The Morgan fingerprint density at radius 1 is 1.35 bits per heavy atom. The van der Waals surface area contributed by atoms with Gasteiger partial charge in [0.2, 0.25) is 0 Å². The van der Waals surface area contributed by atoms with Crippen LogP contribution in [0.1, 0.15) is 47.8 Å². The lowest BCUT2D eigenvalue weighted by Crippen LogP contribution is -2.49. The second kappa shape index (κ2) is 6.16. The van der Waals surface area contributed by atoms with Crippen molar-refractivity contribution < 1.29 is 4.79 Å². The molecule has 0 aromatic carbocycles. The van der Waals surface area contributed by atoms with Crippen molar-refractivity contribution in [3.63, 3.8) is 0 Å². The normalized spacial score (nSPS) is 19.5. The number of carbonyl (C=O) groups is 1. The minimum Gasteiger partial charge on any atom is -0.337 e. The molecule has 124 valence electrons. The zero-order valence-electron chi connectivity index (χ0n) is 14.2. The van der Waals surface area contributed by atoms with Gasteiger partial charge in [-0.3, -0.25) is 14.8 Å². The molecule has 1 atom stereocenters. The first-order valence-corrected chi connectivity index (χ1v) is 7.99. The van der Waals surface area contributed by atoms with Crippen molar-refractivity contribution in [3.8, 4) is 0 Å². The van der Waals surface area contributed by atoms with E-state index in [1.807, 2.05) is 28.8 Å². The van der Waals surface area contributed by atoms with Gasteiger partial charge >= 0.3 is 0 Å². The van der Waals surface area contributed by atoms with E-state index in [9.17, 15) is 4.79 Å². The lowest BCUT2D eigenvalue weighted by Gasteiger charge is -2.38. The predicted octanol–water partition coefficient (Wildman–Crippen LogP) is 1.40. The molecule has 7 heteroatoms. The summed E-state index contributed by atoms with van der Waals surface area (Å²) in [7, 11) is 4.06. The second-order valence-electron chi connectivity index (χ2n) is 6.51. The smallest absolute Gasteiger partial charge is 0.274 e. The number of aromatic amines is 1. The molecule has 1 aliphatic heterocycles. The summed E-state index contributed by atoms with van der Waals surface area (Å²) in [5, 5.41) is 7.14. The number of rotatable bonds is 3. The van der Waals surface area contributed by atoms with Crippen LogP contribution in [0, 0.1) is 0 Å². The molecule has 2 aromatic heterocycles. The molecule has 0 unspecified atom stereocenters. The van der Waals surface area contributed by atoms with Crippen molar-refractivity contribution in [2.45, 2.75) is 25.8 Å². The largest absolute Gasteiger partial charge is 0.337 e. The number of hydrogen-bond donors (Lipinski definition) is 1. The van der Waals surface area contributed by atoms with E-state index in [1.165, 1.54) is 0 Å².